The molecule has 0 unspecified atom stereocenters. The van der Waals surface area contributed by atoms with E-state index >= 15 is 0 Å². The van der Waals surface area contributed by atoms with Crippen molar-refractivity contribution in [3.05, 3.63) is 93.2 Å². The monoisotopic (exact) mass is 446 g/mol. The molecule has 3 aromatic rings. The van der Waals surface area contributed by atoms with Gasteiger partial charge in [-0.3, -0.25) is 9.59 Å². The van der Waals surface area contributed by atoms with Gasteiger partial charge in [0.1, 0.15) is 0 Å². The van der Waals surface area contributed by atoms with Gasteiger partial charge in [0.15, 0.2) is 0 Å². The Morgan fingerprint density at radius 1 is 1.06 bits per heavy atom. The van der Waals surface area contributed by atoms with Crippen LogP contribution in [0.15, 0.2) is 66.0 Å². The minimum Gasteiger partial charge on any atom is -0.355 e. The van der Waals surface area contributed by atoms with E-state index in [2.05, 4.69) is 50.4 Å². The molecule has 32 heavy (non-hydrogen) atoms. The standard InChI is InChI=1S/C27H30N2O2S/c1-18(2)17-29-25(23-9-6-16-32-23)24(21-7-4-5-8-22(21)27(29)31)26(30)28-15-14-20-12-10-19(3)11-13-20/h4-13,16,18,24-25H,14-15,17H2,1-3H3,(H,28,30)/t24-,25+/m0/s1. The van der Waals surface area contributed by atoms with Gasteiger partial charge in [0.25, 0.3) is 5.91 Å². The minimum absolute atomic E-state index is 0.0106. The maximum atomic E-state index is 13.6. The van der Waals surface area contributed by atoms with Crippen molar-refractivity contribution in [3.63, 3.8) is 0 Å². The van der Waals surface area contributed by atoms with Crippen molar-refractivity contribution in [1.82, 2.24) is 10.2 Å². The summed E-state index contributed by atoms with van der Waals surface area (Å²) < 4.78 is 0. The number of fused-ring (bicyclic) bond motifs is 1. The molecule has 2 amide bonds. The summed E-state index contributed by atoms with van der Waals surface area (Å²) in [7, 11) is 0. The van der Waals surface area contributed by atoms with Gasteiger partial charge >= 0.3 is 0 Å². The lowest BCUT2D eigenvalue weighted by Crippen LogP contribution is -2.48. The van der Waals surface area contributed by atoms with E-state index in [0.29, 0.717) is 24.6 Å². The number of benzene rings is 2. The number of hydrogen-bond donors (Lipinski definition) is 1. The van der Waals surface area contributed by atoms with Gasteiger partial charge in [0, 0.05) is 23.5 Å². The van der Waals surface area contributed by atoms with Crippen LogP contribution in [0, 0.1) is 12.8 Å². The van der Waals surface area contributed by atoms with Gasteiger partial charge < -0.3 is 10.2 Å². The Hall–Kier alpha value is -2.92. The van der Waals surface area contributed by atoms with E-state index in [-0.39, 0.29) is 17.9 Å². The summed E-state index contributed by atoms with van der Waals surface area (Å²) in [5.74, 6) is -0.142. The molecule has 2 atom stereocenters. The van der Waals surface area contributed by atoms with E-state index in [1.54, 1.807) is 11.3 Å². The highest BCUT2D eigenvalue weighted by Crippen LogP contribution is 2.44. The number of thiophene rings is 1. The molecule has 4 nitrogen and oxygen atoms in total. The van der Waals surface area contributed by atoms with Crippen LogP contribution in [0.1, 0.15) is 57.7 Å². The van der Waals surface area contributed by atoms with Gasteiger partial charge in [-0.15, -0.1) is 11.3 Å². The second-order valence-electron chi connectivity index (χ2n) is 8.90. The molecule has 0 fully saturated rings. The maximum Gasteiger partial charge on any atom is 0.254 e. The Bertz CT molecular complexity index is 1070. The molecule has 1 aromatic heterocycles. The number of amides is 2. The number of nitrogens with zero attached hydrogens (tertiary/aromatic N) is 1. The molecule has 1 aliphatic heterocycles. The van der Waals surface area contributed by atoms with Crippen LogP contribution in [-0.4, -0.2) is 29.8 Å². The van der Waals surface area contributed by atoms with Crippen LogP contribution in [0.4, 0.5) is 0 Å². The van der Waals surface area contributed by atoms with Crippen molar-refractivity contribution in [2.45, 2.75) is 39.2 Å². The van der Waals surface area contributed by atoms with Gasteiger partial charge in [0.05, 0.1) is 12.0 Å². The maximum absolute atomic E-state index is 13.6. The second-order valence-corrected chi connectivity index (χ2v) is 9.88. The van der Waals surface area contributed by atoms with Crippen LogP contribution in [0.25, 0.3) is 0 Å². The Kier molecular flexibility index (Phi) is 6.75. The van der Waals surface area contributed by atoms with Crippen molar-refractivity contribution in [1.29, 1.82) is 0 Å². The van der Waals surface area contributed by atoms with Gasteiger partial charge in [-0.25, -0.2) is 0 Å². The Morgan fingerprint density at radius 3 is 2.50 bits per heavy atom. The predicted molar refractivity (Wildman–Crippen MR) is 130 cm³/mol. The quantitative estimate of drug-likeness (QED) is 0.532. The van der Waals surface area contributed by atoms with Crippen molar-refractivity contribution < 1.29 is 9.59 Å². The average Bonchev–Trinajstić information content (AvgIpc) is 3.31. The summed E-state index contributed by atoms with van der Waals surface area (Å²) in [6.45, 7) is 7.46. The number of carbonyl (C=O) groups excluding carboxylic acids is 2. The summed E-state index contributed by atoms with van der Waals surface area (Å²) >= 11 is 1.61. The van der Waals surface area contributed by atoms with E-state index in [0.717, 1.165) is 16.9 Å². The lowest BCUT2D eigenvalue weighted by Gasteiger charge is -2.42. The van der Waals surface area contributed by atoms with E-state index in [1.165, 1.54) is 11.1 Å². The number of carbonyl (C=O) groups is 2. The molecule has 0 bridgehead atoms. The first-order valence-electron chi connectivity index (χ1n) is 11.2. The van der Waals surface area contributed by atoms with E-state index in [4.69, 9.17) is 0 Å². The molecule has 0 spiro atoms. The fourth-order valence-electron chi connectivity index (χ4n) is 4.44. The van der Waals surface area contributed by atoms with E-state index < -0.39 is 5.92 Å². The molecular formula is C27H30N2O2S. The smallest absolute Gasteiger partial charge is 0.254 e. The molecule has 0 radical (unpaired) electrons. The topological polar surface area (TPSA) is 49.4 Å². The van der Waals surface area contributed by atoms with Crippen molar-refractivity contribution in [3.8, 4) is 0 Å². The number of nitrogens with one attached hydrogen (secondary N) is 1. The normalized spacial score (nSPS) is 18.0. The largest absolute Gasteiger partial charge is 0.355 e. The molecule has 0 saturated carbocycles. The van der Waals surface area contributed by atoms with Gasteiger partial charge in [0.2, 0.25) is 5.91 Å². The molecule has 2 aromatic carbocycles. The van der Waals surface area contributed by atoms with E-state index in [1.807, 2.05) is 46.7 Å². The first-order chi connectivity index (χ1) is 15.5. The van der Waals surface area contributed by atoms with Gasteiger partial charge in [-0.05, 0) is 47.9 Å². The van der Waals surface area contributed by atoms with Gasteiger partial charge in [-0.1, -0.05) is 67.9 Å². The van der Waals surface area contributed by atoms with Crippen molar-refractivity contribution >= 4 is 23.2 Å². The molecule has 0 saturated heterocycles. The first kappa shape index (κ1) is 22.3. The van der Waals surface area contributed by atoms with Gasteiger partial charge in [-0.2, -0.15) is 0 Å². The molecule has 1 N–H and O–H groups in total. The average molecular weight is 447 g/mol. The van der Waals surface area contributed by atoms with Crippen molar-refractivity contribution in [2.24, 2.45) is 5.92 Å². The molecular weight excluding hydrogens is 416 g/mol. The SMILES string of the molecule is Cc1ccc(CCNC(=O)[C@H]2c3ccccc3C(=O)N(CC(C)C)[C@@H]2c2cccs2)cc1. The minimum atomic E-state index is -0.431. The fourth-order valence-corrected chi connectivity index (χ4v) is 5.31. The zero-order valence-corrected chi connectivity index (χ0v) is 19.7. The third kappa shape index (κ3) is 4.63. The highest BCUT2D eigenvalue weighted by Gasteiger charge is 2.44. The molecule has 166 valence electrons. The molecule has 1 aliphatic rings. The summed E-state index contributed by atoms with van der Waals surface area (Å²) in [6.07, 6.45) is 0.776. The number of rotatable bonds is 7. The number of hydrogen-bond acceptors (Lipinski definition) is 3. The van der Waals surface area contributed by atoms with Crippen LogP contribution >= 0.6 is 11.3 Å². The van der Waals surface area contributed by atoms with E-state index in [9.17, 15) is 9.59 Å². The summed E-state index contributed by atoms with van der Waals surface area (Å²) in [6, 6.07) is 19.7. The summed E-state index contributed by atoms with van der Waals surface area (Å²) in [5, 5.41) is 5.18. The van der Waals surface area contributed by atoms with Crippen LogP contribution in [0.2, 0.25) is 0 Å². The Balaban J connectivity index is 1.64. The van der Waals surface area contributed by atoms with Crippen LogP contribution in [0.3, 0.4) is 0 Å². The van der Waals surface area contributed by atoms with Crippen LogP contribution in [-0.2, 0) is 11.2 Å². The highest BCUT2D eigenvalue weighted by atomic mass is 32.1. The predicted octanol–water partition coefficient (Wildman–Crippen LogP) is 5.35. The fraction of sp³-hybridized carbons (Fsp3) is 0.333. The number of aryl methyl sites for hydroxylation is 1. The summed E-state index contributed by atoms with van der Waals surface area (Å²) in [4.78, 5) is 30.0. The third-order valence-corrected chi connectivity index (χ3v) is 6.89. The summed E-state index contributed by atoms with van der Waals surface area (Å²) in [5.41, 5.74) is 3.89. The lowest BCUT2D eigenvalue weighted by molar-refractivity contribution is -0.124. The van der Waals surface area contributed by atoms with Crippen LogP contribution in [0.5, 0.6) is 0 Å². The molecule has 4 rings (SSSR count). The third-order valence-electron chi connectivity index (χ3n) is 5.95. The zero-order chi connectivity index (χ0) is 22.7. The highest BCUT2D eigenvalue weighted by molar-refractivity contribution is 7.10. The zero-order valence-electron chi connectivity index (χ0n) is 18.9. The molecule has 2 heterocycles. The Morgan fingerprint density at radius 2 is 1.81 bits per heavy atom. The lowest BCUT2D eigenvalue weighted by atomic mass is 9.81. The Labute approximate surface area is 194 Å². The molecule has 5 heteroatoms. The van der Waals surface area contributed by atoms with Crippen molar-refractivity contribution in [2.75, 3.05) is 13.1 Å². The van der Waals surface area contributed by atoms with Crippen LogP contribution < -0.4 is 5.32 Å². The molecule has 0 aliphatic carbocycles. The first-order valence-corrected chi connectivity index (χ1v) is 12.1. The second kappa shape index (κ2) is 9.70.